The molecule has 0 saturated heterocycles. The van der Waals surface area contributed by atoms with Crippen LogP contribution >= 0.6 is 15.1 Å². The second-order valence-corrected chi connectivity index (χ2v) is 18.2. The lowest BCUT2D eigenvalue weighted by molar-refractivity contribution is 0.592. The quantitative estimate of drug-likeness (QED) is 0.143. The smallest absolute Gasteiger partial charge is 0.171 e. The number of benzene rings is 8. The Morgan fingerprint density at radius 3 is 1.20 bits per heavy atom. The van der Waals surface area contributed by atoms with Gasteiger partial charge >= 0.3 is 0 Å². The van der Waals surface area contributed by atoms with Crippen LogP contribution in [0.1, 0.15) is 11.1 Å². The highest BCUT2D eigenvalue weighted by Crippen LogP contribution is 2.51. The Morgan fingerprint density at radius 1 is 0.364 bits per heavy atom. The molecule has 0 saturated carbocycles. The molecule has 0 spiro atoms. The standard InChI is InChI=1S/C50H36N2OP2/c53-55(41-29-15-5-16-30-41,42-31-17-6-18-32-42)46-36-20-34-44-48(46)47-43(51-49(37-21-7-1-8-22-37)50(52-44)38-23-9-2-10-24-38)33-19-35-45(47)54(39-25-11-3-12-26-39)40-27-13-4-14-28-40/h1-36H. The number of fused-ring (bicyclic) bond motifs is 3. The Labute approximate surface area is 323 Å². The van der Waals surface area contributed by atoms with E-state index in [1.807, 2.05) is 103 Å². The molecule has 0 atom stereocenters. The van der Waals surface area contributed by atoms with Crippen molar-refractivity contribution < 1.29 is 4.57 Å². The summed E-state index contributed by atoms with van der Waals surface area (Å²) in [7, 11) is -4.59. The van der Waals surface area contributed by atoms with Crippen LogP contribution in [-0.4, -0.2) is 11.4 Å². The Morgan fingerprint density at radius 2 is 0.745 bits per heavy atom. The maximum Gasteiger partial charge on any atom is 0.171 e. The van der Waals surface area contributed by atoms with Gasteiger partial charge in [0.25, 0.3) is 0 Å². The zero-order valence-electron chi connectivity index (χ0n) is 30.0. The summed E-state index contributed by atoms with van der Waals surface area (Å²) in [5, 5.41) is 5.83. The first kappa shape index (κ1) is 34.5. The lowest BCUT2D eigenvalue weighted by Gasteiger charge is -2.29. The van der Waals surface area contributed by atoms with E-state index in [-0.39, 0.29) is 0 Å². The third kappa shape index (κ3) is 6.53. The first-order chi connectivity index (χ1) is 27.2. The van der Waals surface area contributed by atoms with Crippen LogP contribution in [-0.2, 0) is 4.57 Å². The van der Waals surface area contributed by atoms with Crippen LogP contribution in [0.4, 0.5) is 11.4 Å². The van der Waals surface area contributed by atoms with Crippen LogP contribution in [0, 0.1) is 0 Å². The van der Waals surface area contributed by atoms with Crippen molar-refractivity contribution in [1.29, 1.82) is 0 Å². The fraction of sp³-hybridized carbons (Fsp3) is 0. The molecule has 1 aliphatic rings. The minimum absolute atomic E-state index is 0.738. The first-order valence-corrected chi connectivity index (χ1v) is 21.4. The molecule has 3 nitrogen and oxygen atoms in total. The minimum atomic E-state index is -3.50. The van der Waals surface area contributed by atoms with Crippen molar-refractivity contribution in [3.8, 4) is 11.1 Å². The number of hydrogen-bond acceptors (Lipinski definition) is 3. The predicted octanol–water partition coefficient (Wildman–Crippen LogP) is 10.0. The summed E-state index contributed by atoms with van der Waals surface area (Å²) < 4.78 is 16.5. The third-order valence-corrected chi connectivity index (χ3v) is 15.5. The minimum Gasteiger partial charge on any atom is -0.309 e. The molecule has 9 rings (SSSR count). The second-order valence-electron chi connectivity index (χ2n) is 13.3. The Balaban J connectivity index is 1.45. The van der Waals surface area contributed by atoms with Gasteiger partial charge < -0.3 is 4.57 Å². The first-order valence-electron chi connectivity index (χ1n) is 18.4. The summed E-state index contributed by atoms with van der Waals surface area (Å²) in [6.07, 6.45) is 0. The second kappa shape index (κ2) is 15.2. The molecule has 0 N–H and O–H groups in total. The van der Waals surface area contributed by atoms with Crippen LogP contribution in [0.3, 0.4) is 0 Å². The molecule has 0 unspecified atom stereocenters. The van der Waals surface area contributed by atoms with Crippen molar-refractivity contribution in [2.75, 3.05) is 0 Å². The maximum absolute atomic E-state index is 16.5. The van der Waals surface area contributed by atoms with Gasteiger partial charge in [-0.2, -0.15) is 0 Å². The van der Waals surface area contributed by atoms with E-state index in [1.165, 1.54) is 10.6 Å². The van der Waals surface area contributed by atoms with Crippen LogP contribution < -0.4 is 31.8 Å². The van der Waals surface area contributed by atoms with Crippen LogP contribution in [0.15, 0.2) is 228 Å². The average molecular weight is 743 g/mol. The van der Waals surface area contributed by atoms with Crippen molar-refractivity contribution >= 4 is 69.7 Å². The van der Waals surface area contributed by atoms with E-state index in [0.717, 1.165) is 66.3 Å². The van der Waals surface area contributed by atoms with E-state index in [4.69, 9.17) is 9.98 Å². The summed E-state index contributed by atoms with van der Waals surface area (Å²) in [5.41, 5.74) is 6.79. The molecule has 55 heavy (non-hydrogen) atoms. The molecule has 8 aromatic rings. The average Bonchev–Trinajstić information content (AvgIpc) is 3.26. The van der Waals surface area contributed by atoms with Crippen molar-refractivity contribution in [2.24, 2.45) is 9.98 Å². The molecule has 0 radical (unpaired) electrons. The number of nitrogens with zero attached hydrogens (tertiary/aromatic N) is 2. The van der Waals surface area contributed by atoms with Gasteiger partial charge in [0.05, 0.1) is 22.8 Å². The van der Waals surface area contributed by atoms with E-state index in [1.54, 1.807) is 0 Å². The van der Waals surface area contributed by atoms with E-state index in [2.05, 4.69) is 115 Å². The molecule has 0 amide bonds. The topological polar surface area (TPSA) is 41.8 Å². The molecule has 1 heterocycles. The maximum atomic E-state index is 16.5. The van der Waals surface area contributed by atoms with Gasteiger partial charge in [-0.05, 0) is 36.0 Å². The van der Waals surface area contributed by atoms with Gasteiger partial charge in [-0.25, -0.2) is 9.98 Å². The van der Waals surface area contributed by atoms with E-state index < -0.39 is 15.1 Å². The predicted molar refractivity (Wildman–Crippen MR) is 235 cm³/mol. The van der Waals surface area contributed by atoms with Crippen molar-refractivity contribution in [3.05, 3.63) is 230 Å². The highest BCUT2D eigenvalue weighted by Gasteiger charge is 2.36. The Hall–Kier alpha value is -6.24. The number of aliphatic imine (C=N–C) groups is 2. The van der Waals surface area contributed by atoms with Crippen molar-refractivity contribution in [3.63, 3.8) is 0 Å². The molecule has 0 fully saturated rings. The van der Waals surface area contributed by atoms with Crippen molar-refractivity contribution in [2.45, 2.75) is 0 Å². The molecular weight excluding hydrogens is 707 g/mol. The van der Waals surface area contributed by atoms with Crippen LogP contribution in [0.5, 0.6) is 0 Å². The van der Waals surface area contributed by atoms with Crippen LogP contribution in [0.2, 0.25) is 0 Å². The summed E-state index contributed by atoms with van der Waals surface area (Å²) in [6.45, 7) is 0. The number of rotatable bonds is 8. The van der Waals surface area contributed by atoms with Gasteiger partial charge in [-0.3, -0.25) is 0 Å². The molecule has 262 valence electrons. The summed E-state index contributed by atoms with van der Waals surface area (Å²) >= 11 is 0. The summed E-state index contributed by atoms with van der Waals surface area (Å²) in [4.78, 5) is 11.2. The molecule has 8 aromatic carbocycles. The van der Waals surface area contributed by atoms with Gasteiger partial charge in [0.1, 0.15) is 0 Å². The highest BCUT2D eigenvalue weighted by atomic mass is 31.2. The van der Waals surface area contributed by atoms with Gasteiger partial charge in [0.15, 0.2) is 7.14 Å². The molecular formula is C50H36N2OP2. The van der Waals surface area contributed by atoms with E-state index >= 15 is 4.57 Å². The van der Waals surface area contributed by atoms with Crippen LogP contribution in [0.25, 0.3) is 11.1 Å². The molecule has 1 aliphatic heterocycles. The molecule has 0 bridgehead atoms. The molecule has 0 aromatic heterocycles. The fourth-order valence-corrected chi connectivity index (χ4v) is 12.8. The lowest BCUT2D eigenvalue weighted by atomic mass is 9.96. The highest BCUT2D eigenvalue weighted by molar-refractivity contribution is 7.85. The summed E-state index contributed by atoms with van der Waals surface area (Å²) in [6, 6.07) is 74.5. The molecule has 0 aliphatic carbocycles. The van der Waals surface area contributed by atoms with E-state index in [9.17, 15) is 0 Å². The number of hydrogen-bond donors (Lipinski definition) is 0. The van der Waals surface area contributed by atoms with Gasteiger partial charge in [-0.15, -0.1) is 0 Å². The van der Waals surface area contributed by atoms with E-state index in [0.29, 0.717) is 0 Å². The SMILES string of the molecule is O=P(c1ccccc1)(c1ccccc1)c1cccc2c1-c1c(cccc1P(c1ccccc1)c1ccccc1)N=C(c1ccccc1)C(c1ccccc1)=N2. The normalized spacial score (nSPS) is 12.5. The zero-order chi connectivity index (χ0) is 37.0. The van der Waals surface area contributed by atoms with Gasteiger partial charge in [0.2, 0.25) is 0 Å². The summed E-state index contributed by atoms with van der Waals surface area (Å²) in [5.74, 6) is 0. The van der Waals surface area contributed by atoms with Gasteiger partial charge in [0, 0.05) is 38.2 Å². The third-order valence-electron chi connectivity index (χ3n) is 9.92. The van der Waals surface area contributed by atoms with Crippen molar-refractivity contribution in [1.82, 2.24) is 0 Å². The molecule has 5 heteroatoms. The monoisotopic (exact) mass is 742 g/mol. The fourth-order valence-electron chi connectivity index (χ4n) is 7.43. The lowest BCUT2D eigenvalue weighted by Crippen LogP contribution is -2.29. The Kier molecular flexibility index (Phi) is 9.57. The Bertz CT molecular complexity index is 2620. The largest absolute Gasteiger partial charge is 0.309 e. The van der Waals surface area contributed by atoms with Gasteiger partial charge in [-0.1, -0.05) is 206 Å². The zero-order valence-corrected chi connectivity index (χ0v) is 31.8.